The average molecular weight is 881 g/mol. The normalized spacial score (nSPS) is 12.3. The van der Waals surface area contributed by atoms with Crippen LogP contribution in [-0.4, -0.2) is 0 Å². The summed E-state index contributed by atoms with van der Waals surface area (Å²) in [5.74, 6) is 0. The maximum atomic E-state index is 2.58. The smallest absolute Gasteiger partial charge is 0.000673 e. The summed E-state index contributed by atoms with van der Waals surface area (Å²) in [4.78, 5) is 0. The highest BCUT2D eigenvalue weighted by atomic mass is 14.3. The Hall–Kier alpha value is -9.10. The van der Waals surface area contributed by atoms with Gasteiger partial charge in [0, 0.05) is 0 Å². The molecule has 320 valence electrons. The molecule has 16 aromatic carbocycles. The molecule has 0 aliphatic rings. The second kappa shape index (κ2) is 14.2. The number of benzene rings is 14. The van der Waals surface area contributed by atoms with Gasteiger partial charge in [0.25, 0.3) is 0 Å². The summed E-state index contributed by atoms with van der Waals surface area (Å²) in [7, 11) is 0. The molecule has 0 amide bonds. The van der Waals surface area contributed by atoms with Crippen LogP contribution < -0.4 is 0 Å². The lowest BCUT2D eigenvalue weighted by Gasteiger charge is -2.22. The molecule has 0 aliphatic heterocycles. The van der Waals surface area contributed by atoms with Crippen LogP contribution in [0.5, 0.6) is 0 Å². The Kier molecular flexibility index (Phi) is 7.70. The lowest BCUT2D eigenvalue weighted by atomic mass is 9.81. The predicted molar refractivity (Wildman–Crippen MR) is 302 cm³/mol. The Bertz CT molecular complexity index is 4710. The Morgan fingerprint density at radius 3 is 1.21 bits per heavy atom. The summed E-state index contributed by atoms with van der Waals surface area (Å²) in [6.45, 7) is 0. The van der Waals surface area contributed by atoms with Crippen LogP contribution in [0.15, 0.2) is 243 Å². The second-order valence-corrected chi connectivity index (χ2v) is 19.3. The molecule has 0 N–H and O–H groups in total. The quantitative estimate of drug-likeness (QED) is 0.119. The van der Waals surface area contributed by atoms with Crippen molar-refractivity contribution in [3.05, 3.63) is 243 Å². The van der Waals surface area contributed by atoms with E-state index in [-0.39, 0.29) is 0 Å². The van der Waals surface area contributed by atoms with Gasteiger partial charge < -0.3 is 0 Å². The van der Waals surface area contributed by atoms with Gasteiger partial charge in [0.05, 0.1) is 0 Å². The molecule has 0 atom stereocenters. The van der Waals surface area contributed by atoms with Gasteiger partial charge >= 0.3 is 0 Å². The van der Waals surface area contributed by atoms with Crippen LogP contribution in [0.2, 0.25) is 0 Å². The van der Waals surface area contributed by atoms with Gasteiger partial charge in [0.15, 0.2) is 0 Å². The van der Waals surface area contributed by atoms with E-state index in [9.17, 15) is 0 Å². The lowest BCUT2D eigenvalue weighted by Crippen LogP contribution is -1.93. The maximum Gasteiger partial charge on any atom is -0.000673 e. The molecule has 70 heavy (non-hydrogen) atoms. The predicted octanol–water partition coefficient (Wildman–Crippen LogP) is 19.9. The van der Waals surface area contributed by atoms with Crippen molar-refractivity contribution in [1.29, 1.82) is 0 Å². The summed E-state index contributed by atoms with van der Waals surface area (Å²) in [6, 6.07) is 91.2. The largest absolute Gasteiger partial charge is 0.0622 e. The van der Waals surface area contributed by atoms with Crippen molar-refractivity contribution in [2.75, 3.05) is 0 Å². The first-order valence-corrected chi connectivity index (χ1v) is 24.5. The molecule has 0 nitrogen and oxygen atoms in total. The number of hydrogen-bond donors (Lipinski definition) is 0. The van der Waals surface area contributed by atoms with E-state index in [1.165, 1.54) is 163 Å². The molecule has 0 heterocycles. The van der Waals surface area contributed by atoms with E-state index < -0.39 is 0 Å². The lowest BCUT2D eigenvalue weighted by molar-refractivity contribution is 1.60. The Labute approximate surface area is 403 Å². The van der Waals surface area contributed by atoms with E-state index >= 15 is 0 Å². The van der Waals surface area contributed by atoms with Crippen molar-refractivity contribution >= 4 is 108 Å². The minimum atomic E-state index is 1.22. The van der Waals surface area contributed by atoms with Crippen LogP contribution in [0, 0.1) is 0 Å². The standard InChI is InChI=1S/C70H40/c1-5-18-41(19-6-1)46-28-13-14-29-49(46)50-36-39-55-62-51(50)31-17-33-54(62)67-65-53-32-16-27-44-26-15-30-52(60(44)53)58(65)40-59-61(45-24-11-4-12-25-45)66-56-37-34-47(42-20-7-2-8-21-42)63-48(43-22-9-3-10-23-43)35-38-57(64(56)63)69(66)68(55)70(59)67/h1-40H. The van der Waals surface area contributed by atoms with Gasteiger partial charge in [0.2, 0.25) is 0 Å². The van der Waals surface area contributed by atoms with Crippen molar-refractivity contribution in [2.45, 2.75) is 0 Å². The first kappa shape index (κ1) is 37.9. The van der Waals surface area contributed by atoms with Crippen LogP contribution in [0.25, 0.3) is 163 Å². The highest BCUT2D eigenvalue weighted by molar-refractivity contribution is 6.53. The van der Waals surface area contributed by atoms with Gasteiger partial charge in [-0.1, -0.05) is 237 Å². The number of rotatable bonds is 5. The molecule has 0 bridgehead atoms. The molecule has 0 unspecified atom stereocenters. The first-order chi connectivity index (χ1) is 34.8. The van der Waals surface area contributed by atoms with Gasteiger partial charge in [0.1, 0.15) is 0 Å². The summed E-state index contributed by atoms with van der Waals surface area (Å²) >= 11 is 0. The van der Waals surface area contributed by atoms with Crippen molar-refractivity contribution < 1.29 is 0 Å². The third kappa shape index (κ3) is 4.99. The van der Waals surface area contributed by atoms with Crippen LogP contribution in [0.1, 0.15) is 0 Å². The third-order valence-electron chi connectivity index (χ3n) is 15.9. The topological polar surface area (TPSA) is 0 Å². The highest BCUT2D eigenvalue weighted by Gasteiger charge is 2.29. The highest BCUT2D eigenvalue weighted by Crippen LogP contribution is 2.58. The van der Waals surface area contributed by atoms with Gasteiger partial charge in [-0.3, -0.25) is 0 Å². The van der Waals surface area contributed by atoms with Crippen molar-refractivity contribution in [2.24, 2.45) is 0 Å². The van der Waals surface area contributed by atoms with Crippen LogP contribution in [0.4, 0.5) is 0 Å². The molecule has 0 saturated carbocycles. The average Bonchev–Trinajstić information content (AvgIpc) is 3.94. The van der Waals surface area contributed by atoms with E-state index in [0.717, 1.165) is 0 Å². The molecular formula is C70H40. The summed E-state index contributed by atoms with van der Waals surface area (Å²) in [5.41, 5.74) is 12.5. The molecule has 0 heteroatoms. The molecule has 0 aromatic heterocycles. The summed E-state index contributed by atoms with van der Waals surface area (Å²) < 4.78 is 0. The minimum Gasteiger partial charge on any atom is -0.0622 e. The molecule has 0 spiro atoms. The molecule has 16 rings (SSSR count). The third-order valence-corrected chi connectivity index (χ3v) is 15.9. The zero-order valence-corrected chi connectivity index (χ0v) is 38.1. The molecule has 0 radical (unpaired) electrons. The minimum absolute atomic E-state index is 1.22. The van der Waals surface area contributed by atoms with E-state index in [4.69, 9.17) is 0 Å². The zero-order valence-electron chi connectivity index (χ0n) is 38.1. The van der Waals surface area contributed by atoms with Crippen LogP contribution in [0.3, 0.4) is 0 Å². The molecule has 0 fully saturated rings. The van der Waals surface area contributed by atoms with Crippen molar-refractivity contribution in [3.63, 3.8) is 0 Å². The Morgan fingerprint density at radius 2 is 0.571 bits per heavy atom. The van der Waals surface area contributed by atoms with Gasteiger partial charge in [-0.25, -0.2) is 0 Å². The first-order valence-electron chi connectivity index (χ1n) is 24.5. The Morgan fingerprint density at radius 1 is 0.157 bits per heavy atom. The number of hydrogen-bond acceptors (Lipinski definition) is 0. The fourth-order valence-corrected chi connectivity index (χ4v) is 13.2. The molecular weight excluding hydrogens is 841 g/mol. The van der Waals surface area contributed by atoms with Crippen LogP contribution in [-0.2, 0) is 0 Å². The van der Waals surface area contributed by atoms with Gasteiger partial charge in [-0.05, 0) is 169 Å². The second-order valence-electron chi connectivity index (χ2n) is 19.3. The zero-order chi connectivity index (χ0) is 45.6. The van der Waals surface area contributed by atoms with Gasteiger partial charge in [-0.2, -0.15) is 0 Å². The Balaban J connectivity index is 1.20. The monoisotopic (exact) mass is 880 g/mol. The van der Waals surface area contributed by atoms with Crippen molar-refractivity contribution in [3.8, 4) is 55.6 Å². The van der Waals surface area contributed by atoms with Gasteiger partial charge in [-0.15, -0.1) is 0 Å². The van der Waals surface area contributed by atoms with Crippen molar-refractivity contribution in [1.82, 2.24) is 0 Å². The number of fused-ring (bicyclic) bond motifs is 10. The molecule has 0 aliphatic carbocycles. The summed E-state index contributed by atoms with van der Waals surface area (Å²) in [6.07, 6.45) is 0. The maximum absolute atomic E-state index is 2.58. The van der Waals surface area contributed by atoms with E-state index in [1.54, 1.807) is 0 Å². The van der Waals surface area contributed by atoms with Crippen LogP contribution >= 0.6 is 0 Å². The SMILES string of the molecule is c1ccc(-c2ccccc2-c2ccc3c4c2cccc4c2c4c(cc5c(-c6ccccc6)c6c7ccc(-c8ccccc8)c8c(-c9ccccc9)ccc(c87)c6c3c52)c2cccc3cccc4c32)cc1. The summed E-state index contributed by atoms with van der Waals surface area (Å²) in [5, 5.41) is 26.3. The molecule has 16 aromatic rings. The van der Waals surface area contributed by atoms with E-state index in [0.29, 0.717) is 0 Å². The van der Waals surface area contributed by atoms with E-state index in [1.807, 2.05) is 0 Å². The van der Waals surface area contributed by atoms with E-state index in [2.05, 4.69) is 243 Å². The fourth-order valence-electron chi connectivity index (χ4n) is 13.2. The fraction of sp³-hybridized carbons (Fsp3) is 0. The molecule has 0 saturated heterocycles.